The second kappa shape index (κ2) is 10.4. The number of amides is 1. The highest BCUT2D eigenvalue weighted by molar-refractivity contribution is 5.97. The summed E-state index contributed by atoms with van der Waals surface area (Å²) in [5.74, 6) is -0.119. The monoisotopic (exact) mass is 448 g/mol. The first-order chi connectivity index (χ1) is 16.0. The third-order valence-corrected chi connectivity index (χ3v) is 7.03. The first-order valence-electron chi connectivity index (χ1n) is 12.2. The topological polar surface area (TPSA) is 68.4 Å². The van der Waals surface area contributed by atoms with Crippen molar-refractivity contribution in [3.05, 3.63) is 74.7 Å². The van der Waals surface area contributed by atoms with Crippen molar-refractivity contribution in [2.45, 2.75) is 58.5 Å². The average Bonchev–Trinajstić information content (AvgIpc) is 2.79. The standard InChI is InChI=1S/C27H36N4O2/c1-4-31(21-13-15-30(3)16-14-21)25-12-8-11-23-22(25)10-7-5-6-9-20-17-19(2)29-27(33)24(20)18-28-26(23)32/h5,7-8,11-12,17,21H,4,6,9-10,13-16,18H2,1-3H3,(H,28,32)(H,29,33)/b7-5-. The van der Waals surface area contributed by atoms with Gasteiger partial charge in [-0.15, -0.1) is 0 Å². The Morgan fingerprint density at radius 1 is 1.12 bits per heavy atom. The van der Waals surface area contributed by atoms with Crippen LogP contribution >= 0.6 is 0 Å². The van der Waals surface area contributed by atoms with Crippen LogP contribution in [-0.4, -0.2) is 48.5 Å². The quantitative estimate of drug-likeness (QED) is 0.705. The number of anilines is 1. The van der Waals surface area contributed by atoms with Gasteiger partial charge in [0.15, 0.2) is 0 Å². The van der Waals surface area contributed by atoms with Gasteiger partial charge < -0.3 is 20.1 Å². The lowest BCUT2D eigenvalue weighted by atomic mass is 9.96. The number of hydrogen-bond acceptors (Lipinski definition) is 4. The molecule has 176 valence electrons. The van der Waals surface area contributed by atoms with Crippen molar-refractivity contribution >= 4 is 11.6 Å². The lowest BCUT2D eigenvalue weighted by Gasteiger charge is -2.39. The number of rotatable bonds is 3. The number of piperidine rings is 1. The van der Waals surface area contributed by atoms with Crippen LogP contribution in [-0.2, 0) is 19.4 Å². The number of carbonyl (C=O) groups is 1. The molecular formula is C27H36N4O2. The molecule has 6 nitrogen and oxygen atoms in total. The van der Waals surface area contributed by atoms with E-state index in [4.69, 9.17) is 0 Å². The van der Waals surface area contributed by atoms with E-state index in [9.17, 15) is 9.59 Å². The van der Waals surface area contributed by atoms with Gasteiger partial charge in [-0.25, -0.2) is 0 Å². The van der Waals surface area contributed by atoms with E-state index in [1.54, 1.807) is 0 Å². The summed E-state index contributed by atoms with van der Waals surface area (Å²) in [6, 6.07) is 8.58. The third kappa shape index (κ3) is 5.22. The summed E-state index contributed by atoms with van der Waals surface area (Å²) in [5.41, 5.74) is 5.34. The normalized spacial score (nSPS) is 18.9. The fourth-order valence-electron chi connectivity index (χ4n) is 5.23. The number of carbonyl (C=O) groups excluding carboxylic acids is 1. The van der Waals surface area contributed by atoms with E-state index in [1.165, 1.54) is 0 Å². The molecule has 1 aromatic carbocycles. The van der Waals surface area contributed by atoms with Gasteiger partial charge in [-0.2, -0.15) is 0 Å². The van der Waals surface area contributed by atoms with Gasteiger partial charge in [0.1, 0.15) is 0 Å². The van der Waals surface area contributed by atoms with Crippen molar-refractivity contribution in [2.24, 2.45) is 0 Å². The van der Waals surface area contributed by atoms with Crippen LogP contribution in [0.5, 0.6) is 0 Å². The molecule has 6 heteroatoms. The molecule has 0 bridgehead atoms. The van der Waals surface area contributed by atoms with Crippen LogP contribution in [0.1, 0.15) is 58.9 Å². The van der Waals surface area contributed by atoms with E-state index in [1.807, 2.05) is 25.1 Å². The summed E-state index contributed by atoms with van der Waals surface area (Å²) in [5, 5.41) is 3.03. The molecule has 3 heterocycles. The van der Waals surface area contributed by atoms with Gasteiger partial charge in [-0.3, -0.25) is 9.59 Å². The largest absolute Gasteiger partial charge is 0.368 e. The number of pyridine rings is 1. The number of nitrogens with zero attached hydrogens (tertiary/aromatic N) is 2. The van der Waals surface area contributed by atoms with Gasteiger partial charge in [0.05, 0.1) is 0 Å². The van der Waals surface area contributed by atoms with Crippen molar-refractivity contribution in [3.8, 4) is 0 Å². The Labute approximate surface area is 196 Å². The second-order valence-corrected chi connectivity index (χ2v) is 9.31. The molecule has 0 unspecified atom stereocenters. The summed E-state index contributed by atoms with van der Waals surface area (Å²) >= 11 is 0. The van der Waals surface area contributed by atoms with Crippen molar-refractivity contribution in [3.63, 3.8) is 0 Å². The molecular weight excluding hydrogens is 412 g/mol. The summed E-state index contributed by atoms with van der Waals surface area (Å²) in [4.78, 5) is 33.7. The third-order valence-electron chi connectivity index (χ3n) is 7.03. The second-order valence-electron chi connectivity index (χ2n) is 9.31. The molecule has 1 amide bonds. The molecule has 2 aromatic rings. The Balaban J connectivity index is 1.68. The molecule has 0 atom stereocenters. The molecule has 2 N–H and O–H groups in total. The molecule has 0 spiro atoms. The minimum atomic E-state index is -0.119. The maximum atomic E-state index is 13.3. The first kappa shape index (κ1) is 23.3. The van der Waals surface area contributed by atoms with E-state index >= 15 is 0 Å². The molecule has 0 aliphatic carbocycles. The molecule has 2 aliphatic rings. The Bertz CT molecular complexity index is 1080. The predicted octanol–water partition coefficient (Wildman–Crippen LogP) is 3.58. The van der Waals surface area contributed by atoms with Gasteiger partial charge in [-0.05, 0) is 95.4 Å². The average molecular weight is 449 g/mol. The number of aromatic nitrogens is 1. The minimum Gasteiger partial charge on any atom is -0.368 e. The lowest BCUT2D eigenvalue weighted by molar-refractivity contribution is 0.0950. The number of aryl methyl sites for hydroxylation is 2. The molecule has 33 heavy (non-hydrogen) atoms. The van der Waals surface area contributed by atoms with Crippen molar-refractivity contribution in [1.29, 1.82) is 0 Å². The number of H-pyrrole nitrogens is 1. The highest BCUT2D eigenvalue weighted by Crippen LogP contribution is 2.30. The van der Waals surface area contributed by atoms with Crippen LogP contribution in [0.15, 0.2) is 41.2 Å². The molecule has 1 saturated heterocycles. The lowest BCUT2D eigenvalue weighted by Crippen LogP contribution is -2.44. The number of hydrogen-bond donors (Lipinski definition) is 2. The van der Waals surface area contributed by atoms with Crippen LogP contribution in [0.4, 0.5) is 5.69 Å². The number of fused-ring (bicyclic) bond motifs is 2. The van der Waals surface area contributed by atoms with Crippen LogP contribution < -0.4 is 15.8 Å². The number of likely N-dealkylation sites (tertiary alicyclic amines) is 1. The van der Waals surface area contributed by atoms with Gasteiger partial charge in [-0.1, -0.05) is 18.2 Å². The number of aromatic amines is 1. The molecule has 0 saturated carbocycles. The zero-order chi connectivity index (χ0) is 23.4. The Morgan fingerprint density at radius 2 is 1.91 bits per heavy atom. The summed E-state index contributed by atoms with van der Waals surface area (Å²) in [7, 11) is 2.18. The Kier molecular flexibility index (Phi) is 7.33. The van der Waals surface area contributed by atoms with Gasteiger partial charge in [0.2, 0.25) is 0 Å². The van der Waals surface area contributed by atoms with Gasteiger partial charge in [0, 0.05) is 41.6 Å². The highest BCUT2D eigenvalue weighted by atomic mass is 16.1. The van der Waals surface area contributed by atoms with Crippen molar-refractivity contribution < 1.29 is 4.79 Å². The van der Waals surface area contributed by atoms with Gasteiger partial charge in [0.25, 0.3) is 11.5 Å². The number of nitrogens with one attached hydrogen (secondary N) is 2. The Hall–Kier alpha value is -2.86. The summed E-state index contributed by atoms with van der Waals surface area (Å²) < 4.78 is 0. The maximum Gasteiger partial charge on any atom is 0.253 e. The van der Waals surface area contributed by atoms with E-state index in [2.05, 4.69) is 52.3 Å². The highest BCUT2D eigenvalue weighted by Gasteiger charge is 2.26. The minimum absolute atomic E-state index is 0.111. The number of benzene rings is 1. The van der Waals surface area contributed by atoms with Crippen LogP contribution in [0.3, 0.4) is 0 Å². The molecule has 0 radical (unpaired) electrons. The van der Waals surface area contributed by atoms with E-state index in [-0.39, 0.29) is 18.0 Å². The van der Waals surface area contributed by atoms with Crippen molar-refractivity contribution in [1.82, 2.24) is 15.2 Å². The molecule has 1 aromatic heterocycles. The van der Waals surface area contributed by atoms with E-state index in [0.717, 1.165) is 74.2 Å². The SMILES string of the molecule is CCN(c1cccc2c1C/C=C\CCc1cc(C)[nH]c(=O)c1CNC2=O)C1CCN(C)CC1. The molecule has 2 aliphatic heterocycles. The van der Waals surface area contributed by atoms with E-state index in [0.29, 0.717) is 17.2 Å². The number of allylic oxidation sites excluding steroid dienone is 2. The fourth-order valence-corrected chi connectivity index (χ4v) is 5.23. The zero-order valence-electron chi connectivity index (χ0n) is 20.1. The summed E-state index contributed by atoms with van der Waals surface area (Å²) in [6.45, 7) is 7.46. The van der Waals surface area contributed by atoms with E-state index < -0.39 is 0 Å². The first-order valence-corrected chi connectivity index (χ1v) is 12.2. The summed E-state index contributed by atoms with van der Waals surface area (Å²) in [6.07, 6.45) is 9.02. The molecule has 4 rings (SSSR count). The fraction of sp³-hybridized carbons (Fsp3) is 0.481. The Morgan fingerprint density at radius 3 is 2.67 bits per heavy atom. The van der Waals surface area contributed by atoms with Crippen molar-refractivity contribution in [2.75, 3.05) is 31.6 Å². The van der Waals surface area contributed by atoms with Crippen LogP contribution in [0, 0.1) is 6.92 Å². The smallest absolute Gasteiger partial charge is 0.253 e. The van der Waals surface area contributed by atoms with Gasteiger partial charge >= 0.3 is 0 Å². The maximum absolute atomic E-state index is 13.3. The zero-order valence-corrected chi connectivity index (χ0v) is 20.1. The van der Waals surface area contributed by atoms with Crippen LogP contribution in [0.25, 0.3) is 0 Å². The van der Waals surface area contributed by atoms with Crippen LogP contribution in [0.2, 0.25) is 0 Å². The predicted molar refractivity (Wildman–Crippen MR) is 134 cm³/mol. The molecule has 1 fully saturated rings.